The van der Waals surface area contributed by atoms with Gasteiger partial charge in [-0.1, -0.05) is 6.42 Å². The van der Waals surface area contributed by atoms with E-state index < -0.39 is 11.8 Å². The van der Waals surface area contributed by atoms with Gasteiger partial charge in [-0.15, -0.1) is 0 Å². The van der Waals surface area contributed by atoms with Crippen LogP contribution in [-0.2, 0) is 16.1 Å². The van der Waals surface area contributed by atoms with Crippen LogP contribution in [0.2, 0.25) is 0 Å². The summed E-state index contributed by atoms with van der Waals surface area (Å²) >= 11 is 0. The Kier molecular flexibility index (Phi) is 4.50. The normalized spacial score (nSPS) is 25.3. The number of carbonyl (C=O) groups excluding carboxylic acids is 2. The van der Waals surface area contributed by atoms with Crippen molar-refractivity contribution in [3.8, 4) is 0 Å². The summed E-state index contributed by atoms with van der Waals surface area (Å²) in [6.07, 6.45) is 6.58. The van der Waals surface area contributed by atoms with Gasteiger partial charge in [0.1, 0.15) is 0 Å². The zero-order valence-electron chi connectivity index (χ0n) is 13.4. The number of anilines is 1. The molecular weight excluding hydrogens is 294 g/mol. The van der Waals surface area contributed by atoms with E-state index in [1.807, 2.05) is 6.92 Å². The fourth-order valence-corrected chi connectivity index (χ4v) is 3.97. The van der Waals surface area contributed by atoms with Gasteiger partial charge in [-0.25, -0.2) is 0 Å². The first-order valence-electron chi connectivity index (χ1n) is 8.36. The van der Waals surface area contributed by atoms with E-state index in [0.717, 1.165) is 11.8 Å². The van der Waals surface area contributed by atoms with Gasteiger partial charge in [0.25, 0.3) is 5.56 Å². The Bertz CT molecular complexity index is 667. The van der Waals surface area contributed by atoms with Gasteiger partial charge in [0, 0.05) is 25.4 Å². The zero-order chi connectivity index (χ0) is 16.4. The molecule has 23 heavy (non-hydrogen) atoms. The molecule has 3 unspecified atom stereocenters. The van der Waals surface area contributed by atoms with Crippen molar-refractivity contribution in [3.05, 3.63) is 28.7 Å². The molecule has 124 valence electrons. The molecule has 0 radical (unpaired) electrons. The summed E-state index contributed by atoms with van der Waals surface area (Å²) in [4.78, 5) is 35.4. The number of aromatic nitrogens is 1. The number of hydrogen-bond acceptors (Lipinski definition) is 3. The molecule has 3 rings (SSSR count). The quantitative estimate of drug-likeness (QED) is 0.823. The molecule has 6 heteroatoms. The van der Waals surface area contributed by atoms with Gasteiger partial charge in [-0.3, -0.25) is 14.4 Å². The second-order valence-electron chi connectivity index (χ2n) is 6.64. The number of nitrogens with zero attached hydrogens (tertiary/aromatic N) is 1. The van der Waals surface area contributed by atoms with Crippen molar-refractivity contribution in [3.63, 3.8) is 0 Å². The number of pyridine rings is 1. The molecule has 6 nitrogen and oxygen atoms in total. The first kappa shape index (κ1) is 15.8. The van der Waals surface area contributed by atoms with E-state index in [1.165, 1.54) is 42.4 Å². The average Bonchev–Trinajstić information content (AvgIpc) is 3.17. The molecular formula is C17H23N3O3. The summed E-state index contributed by atoms with van der Waals surface area (Å²) in [5, 5.41) is 5.29. The number of hydrogen-bond donors (Lipinski definition) is 2. The van der Waals surface area contributed by atoms with Crippen LogP contribution < -0.4 is 16.2 Å². The second-order valence-corrected chi connectivity index (χ2v) is 6.64. The lowest BCUT2D eigenvalue weighted by Crippen LogP contribution is -2.39. The molecule has 2 saturated carbocycles. The van der Waals surface area contributed by atoms with Crippen molar-refractivity contribution in [2.24, 2.45) is 17.8 Å². The molecule has 0 saturated heterocycles. The maximum absolute atomic E-state index is 12.0. The minimum absolute atomic E-state index is 0.133. The summed E-state index contributed by atoms with van der Waals surface area (Å²) in [5.41, 5.74) is 0.317. The molecule has 2 bridgehead atoms. The van der Waals surface area contributed by atoms with E-state index in [-0.39, 0.29) is 5.56 Å². The lowest BCUT2D eigenvalue weighted by Gasteiger charge is -2.21. The Morgan fingerprint density at radius 1 is 1.22 bits per heavy atom. The standard InChI is InChI=1S/C17H23N3O3/c1-2-20-10-14(5-6-15(20)21)19-17(23)16(22)18-9-13-8-11-3-4-12(13)7-11/h5-6,10-13H,2-4,7-9H2,1H3,(H,18,22)(H,19,23). The van der Waals surface area contributed by atoms with Gasteiger partial charge < -0.3 is 15.2 Å². The Labute approximate surface area is 135 Å². The fourth-order valence-electron chi connectivity index (χ4n) is 3.97. The van der Waals surface area contributed by atoms with Crippen molar-refractivity contribution in [2.75, 3.05) is 11.9 Å². The molecule has 0 spiro atoms. The van der Waals surface area contributed by atoms with Crippen LogP contribution >= 0.6 is 0 Å². The van der Waals surface area contributed by atoms with Gasteiger partial charge in [0.15, 0.2) is 0 Å². The maximum atomic E-state index is 12.0. The van der Waals surface area contributed by atoms with Gasteiger partial charge >= 0.3 is 11.8 Å². The number of amides is 2. The smallest absolute Gasteiger partial charge is 0.313 e. The molecule has 0 aliphatic heterocycles. The van der Waals surface area contributed by atoms with Crippen LogP contribution in [0.3, 0.4) is 0 Å². The van der Waals surface area contributed by atoms with E-state index in [1.54, 1.807) is 6.20 Å². The van der Waals surface area contributed by atoms with E-state index in [0.29, 0.717) is 24.7 Å². The Morgan fingerprint density at radius 2 is 2.04 bits per heavy atom. The highest BCUT2D eigenvalue weighted by Crippen LogP contribution is 2.47. The van der Waals surface area contributed by atoms with Gasteiger partial charge in [-0.05, 0) is 50.0 Å². The maximum Gasteiger partial charge on any atom is 0.313 e. The Morgan fingerprint density at radius 3 is 2.70 bits per heavy atom. The fraction of sp³-hybridized carbons (Fsp3) is 0.588. The summed E-state index contributed by atoms with van der Waals surface area (Å²) in [6, 6.07) is 2.89. The lowest BCUT2D eigenvalue weighted by molar-refractivity contribution is -0.136. The van der Waals surface area contributed by atoms with Gasteiger partial charge in [0.05, 0.1) is 5.69 Å². The Hall–Kier alpha value is -2.11. The lowest BCUT2D eigenvalue weighted by atomic mass is 9.89. The van der Waals surface area contributed by atoms with Crippen LogP contribution in [0.4, 0.5) is 5.69 Å². The largest absolute Gasteiger partial charge is 0.348 e. The third-order valence-electron chi connectivity index (χ3n) is 5.20. The summed E-state index contributed by atoms with van der Waals surface area (Å²) in [7, 11) is 0. The van der Waals surface area contributed by atoms with E-state index in [2.05, 4.69) is 10.6 Å². The van der Waals surface area contributed by atoms with Crippen molar-refractivity contribution in [1.82, 2.24) is 9.88 Å². The van der Waals surface area contributed by atoms with Crippen LogP contribution in [0.15, 0.2) is 23.1 Å². The molecule has 1 heterocycles. The SMILES string of the molecule is CCn1cc(NC(=O)C(=O)NCC2CC3CCC2C3)ccc1=O. The molecule has 1 aromatic heterocycles. The van der Waals surface area contributed by atoms with Crippen LogP contribution in [0, 0.1) is 17.8 Å². The van der Waals surface area contributed by atoms with Crippen molar-refractivity contribution in [1.29, 1.82) is 0 Å². The summed E-state index contributed by atoms with van der Waals surface area (Å²) in [5.74, 6) is 0.770. The monoisotopic (exact) mass is 317 g/mol. The highest BCUT2D eigenvalue weighted by atomic mass is 16.2. The second kappa shape index (κ2) is 6.56. The highest BCUT2D eigenvalue weighted by Gasteiger charge is 2.39. The van der Waals surface area contributed by atoms with Crippen molar-refractivity contribution in [2.45, 2.75) is 39.2 Å². The Balaban J connectivity index is 1.51. The van der Waals surface area contributed by atoms with Crippen LogP contribution in [0.1, 0.15) is 32.6 Å². The van der Waals surface area contributed by atoms with Crippen LogP contribution in [-0.4, -0.2) is 22.9 Å². The highest BCUT2D eigenvalue weighted by molar-refractivity contribution is 6.39. The molecule has 2 aliphatic carbocycles. The van der Waals surface area contributed by atoms with E-state index in [4.69, 9.17) is 0 Å². The molecule has 1 aromatic rings. The molecule has 2 N–H and O–H groups in total. The predicted molar refractivity (Wildman–Crippen MR) is 87.0 cm³/mol. The first-order valence-corrected chi connectivity index (χ1v) is 8.36. The first-order chi connectivity index (χ1) is 11.1. The summed E-state index contributed by atoms with van der Waals surface area (Å²) < 4.78 is 1.47. The van der Waals surface area contributed by atoms with Gasteiger partial charge in [-0.2, -0.15) is 0 Å². The van der Waals surface area contributed by atoms with Crippen molar-refractivity contribution >= 4 is 17.5 Å². The molecule has 2 fully saturated rings. The number of aryl methyl sites for hydroxylation is 1. The molecule has 2 aliphatic rings. The average molecular weight is 317 g/mol. The topological polar surface area (TPSA) is 80.2 Å². The predicted octanol–water partition coefficient (Wildman–Crippen LogP) is 1.36. The third kappa shape index (κ3) is 3.46. The van der Waals surface area contributed by atoms with Crippen LogP contribution in [0.25, 0.3) is 0 Å². The third-order valence-corrected chi connectivity index (χ3v) is 5.20. The van der Waals surface area contributed by atoms with Gasteiger partial charge in [0.2, 0.25) is 0 Å². The molecule has 2 amide bonds. The number of nitrogens with one attached hydrogen (secondary N) is 2. The number of fused-ring (bicyclic) bond motifs is 2. The molecule has 3 atom stereocenters. The zero-order valence-corrected chi connectivity index (χ0v) is 13.4. The number of rotatable bonds is 4. The minimum atomic E-state index is -0.686. The van der Waals surface area contributed by atoms with E-state index >= 15 is 0 Å². The summed E-state index contributed by atoms with van der Waals surface area (Å²) in [6.45, 7) is 2.94. The minimum Gasteiger partial charge on any atom is -0.348 e. The van der Waals surface area contributed by atoms with E-state index in [9.17, 15) is 14.4 Å². The van der Waals surface area contributed by atoms with Crippen molar-refractivity contribution < 1.29 is 9.59 Å². The number of carbonyl (C=O) groups is 2. The molecule has 0 aromatic carbocycles. The van der Waals surface area contributed by atoms with Crippen LogP contribution in [0.5, 0.6) is 0 Å².